The van der Waals surface area contributed by atoms with Crippen LogP contribution in [-0.2, 0) is 16.5 Å². The number of aromatic nitrogens is 1. The van der Waals surface area contributed by atoms with Crippen LogP contribution >= 0.6 is 11.6 Å². The van der Waals surface area contributed by atoms with Crippen LogP contribution in [0.3, 0.4) is 0 Å². The lowest BCUT2D eigenvalue weighted by molar-refractivity contribution is -0.140. The number of alkyl halides is 3. The average molecular weight is 407 g/mol. The smallest absolute Gasteiger partial charge is 0.422 e. The Hall–Kier alpha value is -1.86. The molecule has 0 spiro atoms. The lowest BCUT2D eigenvalue weighted by Gasteiger charge is -2.39. The second-order valence-electron chi connectivity index (χ2n) is 6.39. The molecule has 0 aliphatic heterocycles. The summed E-state index contributed by atoms with van der Waals surface area (Å²) in [6, 6.07) is 6.41. The summed E-state index contributed by atoms with van der Waals surface area (Å²) in [4.78, 5) is 3.46. The molecular formula is C19H18ClF4NO2. The van der Waals surface area contributed by atoms with Gasteiger partial charge >= 0.3 is 6.18 Å². The Balaban J connectivity index is 1.81. The number of benzene rings is 1. The van der Waals surface area contributed by atoms with E-state index in [0.29, 0.717) is 5.56 Å². The van der Waals surface area contributed by atoms with Crippen molar-refractivity contribution in [3.8, 4) is 5.75 Å². The molecule has 146 valence electrons. The predicted octanol–water partition coefficient (Wildman–Crippen LogP) is 5.76. The van der Waals surface area contributed by atoms with Crippen LogP contribution in [0.15, 0.2) is 36.5 Å². The number of hydrogen-bond donors (Lipinski definition) is 0. The van der Waals surface area contributed by atoms with Crippen molar-refractivity contribution in [3.05, 3.63) is 58.6 Å². The van der Waals surface area contributed by atoms with E-state index in [4.69, 9.17) is 25.2 Å². The molecule has 1 aromatic heterocycles. The average Bonchev–Trinajstić information content (AvgIpc) is 2.62. The molecule has 1 aliphatic carbocycles. The lowest BCUT2D eigenvalue weighted by Crippen LogP contribution is -2.37. The molecule has 27 heavy (non-hydrogen) atoms. The third-order valence-electron chi connectivity index (χ3n) is 4.75. The quantitative estimate of drug-likeness (QED) is 0.478. The van der Waals surface area contributed by atoms with Crippen molar-refractivity contribution in [2.24, 2.45) is 0 Å². The molecule has 0 radical (unpaired) electrons. The first kappa shape index (κ1) is 16.1. The Morgan fingerprint density at radius 1 is 1.19 bits per heavy atom. The topological polar surface area (TPSA) is 31.4 Å². The van der Waals surface area contributed by atoms with Crippen molar-refractivity contribution in [1.82, 2.24) is 4.98 Å². The number of methoxy groups -OCH3 is 1. The Bertz CT molecular complexity index is 883. The second kappa shape index (κ2) is 7.64. The highest BCUT2D eigenvalue weighted by Crippen LogP contribution is 2.44. The summed E-state index contributed by atoms with van der Waals surface area (Å²) in [5.41, 5.74) is -1.89. The molecule has 0 bridgehead atoms. The minimum atomic E-state index is -4.74. The van der Waals surface area contributed by atoms with Gasteiger partial charge in [0, 0.05) is 13.2 Å². The van der Waals surface area contributed by atoms with Gasteiger partial charge in [-0.1, -0.05) is 23.7 Å². The van der Waals surface area contributed by atoms with Gasteiger partial charge in [-0.3, -0.25) is 0 Å². The number of pyridine rings is 1. The van der Waals surface area contributed by atoms with Crippen molar-refractivity contribution in [2.75, 3.05) is 7.04 Å². The minimum absolute atomic E-state index is 0.169. The van der Waals surface area contributed by atoms with Gasteiger partial charge in [0.25, 0.3) is 0 Å². The highest BCUT2D eigenvalue weighted by Gasteiger charge is 2.41. The maximum atomic E-state index is 13.3. The van der Waals surface area contributed by atoms with Crippen LogP contribution < -0.4 is 4.74 Å². The summed E-state index contributed by atoms with van der Waals surface area (Å²) in [5, 5.41) is -0.706. The minimum Gasteiger partial charge on any atom is -0.490 e. The van der Waals surface area contributed by atoms with Crippen LogP contribution in [0.4, 0.5) is 17.6 Å². The fourth-order valence-electron chi connectivity index (χ4n) is 3.33. The van der Waals surface area contributed by atoms with Crippen molar-refractivity contribution in [2.45, 2.75) is 43.6 Å². The van der Waals surface area contributed by atoms with Crippen molar-refractivity contribution in [1.29, 1.82) is 0 Å². The fourth-order valence-corrected chi connectivity index (χ4v) is 3.59. The standard InChI is InChI=1S/C19H18ClF4NO2/c1-26-18(12-2-4-13(21)5-3-12)9-6-14(7-10-18)27-15-8-11-25-17(20)16(15)19(22,23)24/h2-5,8,11,14H,6-7,9-10H2,1H3/i1D3. The van der Waals surface area contributed by atoms with Crippen LogP contribution in [0.2, 0.25) is 5.15 Å². The maximum absolute atomic E-state index is 13.3. The molecule has 3 rings (SSSR count). The summed E-state index contributed by atoms with van der Waals surface area (Å²) in [7, 11) is -2.70. The van der Waals surface area contributed by atoms with E-state index in [-0.39, 0.29) is 25.7 Å². The molecule has 0 unspecified atom stereocenters. The Kier molecular flexibility index (Phi) is 4.56. The largest absolute Gasteiger partial charge is 0.490 e. The van der Waals surface area contributed by atoms with E-state index in [2.05, 4.69) is 4.98 Å². The predicted molar refractivity (Wildman–Crippen MR) is 92.2 cm³/mol. The van der Waals surface area contributed by atoms with Gasteiger partial charge in [-0.15, -0.1) is 0 Å². The lowest BCUT2D eigenvalue weighted by atomic mass is 9.78. The van der Waals surface area contributed by atoms with Crippen molar-refractivity contribution in [3.63, 3.8) is 0 Å². The van der Waals surface area contributed by atoms with E-state index < -0.39 is 47.2 Å². The van der Waals surface area contributed by atoms with E-state index in [9.17, 15) is 17.6 Å². The van der Waals surface area contributed by atoms with E-state index in [1.807, 2.05) is 0 Å². The highest BCUT2D eigenvalue weighted by molar-refractivity contribution is 6.30. The molecule has 2 aromatic rings. The summed E-state index contributed by atoms with van der Waals surface area (Å²) in [6.45, 7) is 0. The maximum Gasteiger partial charge on any atom is 0.422 e. The first-order chi connectivity index (χ1) is 13.9. The molecule has 0 N–H and O–H groups in total. The second-order valence-corrected chi connectivity index (χ2v) is 6.75. The fraction of sp³-hybridized carbons (Fsp3) is 0.421. The van der Waals surface area contributed by atoms with E-state index >= 15 is 0 Å². The van der Waals surface area contributed by atoms with Crippen LogP contribution in [0.5, 0.6) is 5.75 Å². The zero-order chi connectivity index (χ0) is 22.2. The molecule has 1 heterocycles. The molecule has 1 saturated carbocycles. The summed E-state index contributed by atoms with van der Waals surface area (Å²) in [5.74, 6) is -0.910. The van der Waals surface area contributed by atoms with Gasteiger partial charge in [0.05, 0.1) is 15.8 Å². The summed E-state index contributed by atoms with van der Waals surface area (Å²) < 4.78 is 86.7. The monoisotopic (exact) mass is 406 g/mol. The summed E-state index contributed by atoms with van der Waals surface area (Å²) in [6.07, 6.45) is -3.44. The highest BCUT2D eigenvalue weighted by atomic mass is 35.5. The zero-order valence-electron chi connectivity index (χ0n) is 17.0. The van der Waals surface area contributed by atoms with Gasteiger partial charge < -0.3 is 9.47 Å². The normalized spacial score (nSPS) is 25.4. The van der Waals surface area contributed by atoms with Crippen LogP contribution in [0.25, 0.3) is 0 Å². The number of nitrogens with zero attached hydrogens (tertiary/aromatic N) is 1. The Labute approximate surface area is 163 Å². The molecule has 0 atom stereocenters. The first-order valence-electron chi connectivity index (χ1n) is 9.74. The van der Waals surface area contributed by atoms with E-state index in [0.717, 1.165) is 12.3 Å². The molecule has 0 amide bonds. The number of halogens is 5. The van der Waals surface area contributed by atoms with Crippen molar-refractivity contribution >= 4 is 11.6 Å². The van der Waals surface area contributed by atoms with Gasteiger partial charge in [0.2, 0.25) is 0 Å². The van der Waals surface area contributed by atoms with Crippen molar-refractivity contribution < 1.29 is 31.1 Å². The number of hydrogen-bond acceptors (Lipinski definition) is 3. The van der Waals surface area contributed by atoms with E-state index in [1.165, 1.54) is 24.3 Å². The third-order valence-corrected chi connectivity index (χ3v) is 5.04. The van der Waals surface area contributed by atoms with Gasteiger partial charge in [0.15, 0.2) is 0 Å². The van der Waals surface area contributed by atoms with Gasteiger partial charge in [0.1, 0.15) is 22.3 Å². The third kappa shape index (κ3) is 4.19. The molecule has 8 heteroatoms. The molecule has 0 saturated heterocycles. The molecule has 3 nitrogen and oxygen atoms in total. The molecule has 1 aliphatic rings. The SMILES string of the molecule is [2H]C([2H])([2H])OC1(c2ccc(F)cc2)CCC(Oc2ccnc(Cl)c2C(F)(F)F)CC1. The Morgan fingerprint density at radius 3 is 2.44 bits per heavy atom. The van der Waals surface area contributed by atoms with Gasteiger partial charge in [-0.25, -0.2) is 9.37 Å². The van der Waals surface area contributed by atoms with Crippen LogP contribution in [0.1, 0.15) is 40.9 Å². The first-order valence-corrected chi connectivity index (χ1v) is 8.62. The zero-order valence-corrected chi connectivity index (χ0v) is 14.8. The van der Waals surface area contributed by atoms with Crippen LogP contribution in [0, 0.1) is 5.82 Å². The molecular weight excluding hydrogens is 386 g/mol. The molecule has 1 fully saturated rings. The summed E-state index contributed by atoms with van der Waals surface area (Å²) >= 11 is 5.62. The van der Waals surface area contributed by atoms with Gasteiger partial charge in [-0.05, 0) is 49.4 Å². The van der Waals surface area contributed by atoms with E-state index in [1.54, 1.807) is 0 Å². The van der Waals surface area contributed by atoms with Gasteiger partial charge in [-0.2, -0.15) is 13.2 Å². The van der Waals surface area contributed by atoms with Crippen LogP contribution in [-0.4, -0.2) is 18.1 Å². The number of ether oxygens (including phenoxy) is 2. The Morgan fingerprint density at radius 2 is 1.85 bits per heavy atom. The molecule has 1 aromatic carbocycles. The number of rotatable bonds is 4.